The second kappa shape index (κ2) is 4.80. The van der Waals surface area contributed by atoms with Crippen LogP contribution in [0.5, 0.6) is 0 Å². The number of aryl methyl sites for hydroxylation is 2. The van der Waals surface area contributed by atoms with Gasteiger partial charge in [0.15, 0.2) is 0 Å². The average Bonchev–Trinajstić information content (AvgIpc) is 2.76. The molecule has 0 bridgehead atoms. The summed E-state index contributed by atoms with van der Waals surface area (Å²) in [5.41, 5.74) is 6.81. The third kappa shape index (κ3) is 2.70. The Labute approximate surface area is 89.7 Å². The topological polar surface area (TPSA) is 39.2 Å². The van der Waals surface area contributed by atoms with Crippen molar-refractivity contribution in [3.63, 3.8) is 0 Å². The van der Waals surface area contributed by atoms with Crippen molar-refractivity contribution >= 4 is 0 Å². The molecular formula is C13H15NO. The molecule has 0 unspecified atom stereocenters. The molecule has 2 N–H and O–H groups in total. The summed E-state index contributed by atoms with van der Waals surface area (Å²) in [6.07, 6.45) is 1.95. The van der Waals surface area contributed by atoms with Crippen molar-refractivity contribution in [3.05, 3.63) is 59.5 Å². The summed E-state index contributed by atoms with van der Waals surface area (Å²) in [7, 11) is 0. The standard InChI is InChI=1S/C13H15NO/c14-10-13-9-8-12(15-13)7-6-11-4-2-1-3-5-11/h1-5,8-9H,6-7,10,14H2. The van der Waals surface area contributed by atoms with Gasteiger partial charge in [-0.1, -0.05) is 30.3 Å². The van der Waals surface area contributed by atoms with Gasteiger partial charge in [0.2, 0.25) is 0 Å². The first-order valence-electron chi connectivity index (χ1n) is 5.20. The van der Waals surface area contributed by atoms with Gasteiger partial charge in [0, 0.05) is 6.42 Å². The number of hydrogen-bond acceptors (Lipinski definition) is 2. The van der Waals surface area contributed by atoms with Crippen LogP contribution in [-0.2, 0) is 19.4 Å². The molecule has 1 heterocycles. The summed E-state index contributed by atoms with van der Waals surface area (Å²) >= 11 is 0. The molecule has 0 spiro atoms. The molecule has 0 aliphatic rings. The largest absolute Gasteiger partial charge is 0.465 e. The number of hydrogen-bond donors (Lipinski definition) is 1. The first-order valence-corrected chi connectivity index (χ1v) is 5.20. The smallest absolute Gasteiger partial charge is 0.117 e. The molecule has 78 valence electrons. The fraction of sp³-hybridized carbons (Fsp3) is 0.231. The minimum atomic E-state index is 0.478. The maximum atomic E-state index is 5.53. The first-order chi connectivity index (χ1) is 7.38. The van der Waals surface area contributed by atoms with Crippen LogP contribution in [0, 0.1) is 0 Å². The summed E-state index contributed by atoms with van der Waals surface area (Å²) in [5.74, 6) is 1.87. The maximum Gasteiger partial charge on any atom is 0.117 e. The molecule has 1 aromatic carbocycles. The normalized spacial score (nSPS) is 10.5. The molecule has 2 heteroatoms. The van der Waals surface area contributed by atoms with Gasteiger partial charge in [0.1, 0.15) is 11.5 Å². The van der Waals surface area contributed by atoms with E-state index in [1.165, 1.54) is 5.56 Å². The van der Waals surface area contributed by atoms with Gasteiger partial charge in [-0.15, -0.1) is 0 Å². The third-order valence-corrected chi connectivity index (χ3v) is 2.42. The van der Waals surface area contributed by atoms with Gasteiger partial charge in [0.25, 0.3) is 0 Å². The molecule has 0 fully saturated rings. The van der Waals surface area contributed by atoms with Gasteiger partial charge in [-0.05, 0) is 24.1 Å². The number of benzene rings is 1. The summed E-state index contributed by atoms with van der Waals surface area (Å²) in [6.45, 7) is 0.478. The lowest BCUT2D eigenvalue weighted by atomic mass is 10.1. The van der Waals surface area contributed by atoms with E-state index in [1.54, 1.807) is 0 Å². The van der Waals surface area contributed by atoms with Crippen LogP contribution >= 0.6 is 0 Å². The molecule has 15 heavy (non-hydrogen) atoms. The quantitative estimate of drug-likeness (QED) is 0.825. The molecule has 0 atom stereocenters. The van der Waals surface area contributed by atoms with Crippen LogP contribution in [0.25, 0.3) is 0 Å². The van der Waals surface area contributed by atoms with Gasteiger partial charge in [-0.25, -0.2) is 0 Å². The Kier molecular flexibility index (Phi) is 3.20. The van der Waals surface area contributed by atoms with Gasteiger partial charge < -0.3 is 10.2 Å². The van der Waals surface area contributed by atoms with E-state index in [0.717, 1.165) is 24.4 Å². The van der Waals surface area contributed by atoms with E-state index in [4.69, 9.17) is 10.2 Å². The van der Waals surface area contributed by atoms with Crippen molar-refractivity contribution in [1.82, 2.24) is 0 Å². The first kappa shape index (κ1) is 9.99. The molecule has 2 rings (SSSR count). The predicted molar refractivity (Wildman–Crippen MR) is 60.4 cm³/mol. The summed E-state index contributed by atoms with van der Waals surface area (Å²) in [5, 5.41) is 0. The van der Waals surface area contributed by atoms with Crippen LogP contribution in [0.3, 0.4) is 0 Å². The van der Waals surface area contributed by atoms with E-state index in [-0.39, 0.29) is 0 Å². The SMILES string of the molecule is NCc1ccc(CCc2ccccc2)o1. The van der Waals surface area contributed by atoms with Crippen molar-refractivity contribution in [2.24, 2.45) is 5.73 Å². The summed E-state index contributed by atoms with van der Waals surface area (Å²) in [6, 6.07) is 14.4. The van der Waals surface area contributed by atoms with Crippen molar-refractivity contribution in [2.45, 2.75) is 19.4 Å². The predicted octanol–water partition coefficient (Wildman–Crippen LogP) is 2.52. The highest BCUT2D eigenvalue weighted by Gasteiger charge is 2.00. The maximum absolute atomic E-state index is 5.53. The molecule has 0 aliphatic carbocycles. The summed E-state index contributed by atoms with van der Waals surface area (Å²) in [4.78, 5) is 0. The van der Waals surface area contributed by atoms with Crippen LogP contribution in [0.1, 0.15) is 17.1 Å². The lowest BCUT2D eigenvalue weighted by molar-refractivity contribution is 0.466. The second-order valence-electron chi connectivity index (χ2n) is 3.56. The summed E-state index contributed by atoms with van der Waals surface area (Å²) < 4.78 is 5.53. The highest BCUT2D eigenvalue weighted by molar-refractivity contribution is 5.16. The molecule has 0 amide bonds. The molecule has 0 aliphatic heterocycles. The number of furan rings is 1. The Hall–Kier alpha value is -1.54. The van der Waals surface area contributed by atoms with Gasteiger partial charge in [-0.3, -0.25) is 0 Å². The lowest BCUT2D eigenvalue weighted by Gasteiger charge is -1.98. The highest BCUT2D eigenvalue weighted by atomic mass is 16.3. The Morgan fingerprint density at radius 3 is 2.27 bits per heavy atom. The van der Waals surface area contributed by atoms with Gasteiger partial charge in [0.05, 0.1) is 6.54 Å². The molecule has 0 saturated carbocycles. The minimum absolute atomic E-state index is 0.478. The van der Waals surface area contributed by atoms with E-state index in [9.17, 15) is 0 Å². The fourth-order valence-corrected chi connectivity index (χ4v) is 1.58. The van der Waals surface area contributed by atoms with Crippen molar-refractivity contribution in [3.8, 4) is 0 Å². The Morgan fingerprint density at radius 2 is 1.60 bits per heavy atom. The van der Waals surface area contributed by atoms with Crippen LogP contribution in [-0.4, -0.2) is 0 Å². The Balaban J connectivity index is 1.93. The molecule has 2 nitrogen and oxygen atoms in total. The zero-order valence-electron chi connectivity index (χ0n) is 8.65. The van der Waals surface area contributed by atoms with Gasteiger partial charge >= 0.3 is 0 Å². The molecule has 0 radical (unpaired) electrons. The van der Waals surface area contributed by atoms with Gasteiger partial charge in [-0.2, -0.15) is 0 Å². The number of nitrogens with two attached hydrogens (primary N) is 1. The van der Waals surface area contributed by atoms with E-state index in [1.807, 2.05) is 18.2 Å². The molecule has 1 aromatic heterocycles. The van der Waals surface area contributed by atoms with Crippen molar-refractivity contribution in [1.29, 1.82) is 0 Å². The van der Waals surface area contributed by atoms with E-state index in [2.05, 4.69) is 24.3 Å². The third-order valence-electron chi connectivity index (χ3n) is 2.42. The minimum Gasteiger partial charge on any atom is -0.465 e. The van der Waals surface area contributed by atoms with Crippen molar-refractivity contribution in [2.75, 3.05) is 0 Å². The monoisotopic (exact) mass is 201 g/mol. The zero-order chi connectivity index (χ0) is 10.5. The molecule has 0 saturated heterocycles. The van der Waals surface area contributed by atoms with Crippen LogP contribution < -0.4 is 5.73 Å². The second-order valence-corrected chi connectivity index (χ2v) is 3.56. The van der Waals surface area contributed by atoms with E-state index >= 15 is 0 Å². The Morgan fingerprint density at radius 1 is 0.867 bits per heavy atom. The van der Waals surface area contributed by atoms with E-state index < -0.39 is 0 Å². The van der Waals surface area contributed by atoms with Crippen molar-refractivity contribution < 1.29 is 4.42 Å². The molecule has 2 aromatic rings. The lowest BCUT2D eigenvalue weighted by Crippen LogP contribution is -1.93. The Bertz CT molecular complexity index is 405. The highest BCUT2D eigenvalue weighted by Crippen LogP contribution is 2.10. The van der Waals surface area contributed by atoms with Crippen LogP contribution in [0.2, 0.25) is 0 Å². The average molecular weight is 201 g/mol. The van der Waals surface area contributed by atoms with Crippen LogP contribution in [0.15, 0.2) is 46.9 Å². The molecular weight excluding hydrogens is 186 g/mol. The fourth-order valence-electron chi connectivity index (χ4n) is 1.58. The zero-order valence-corrected chi connectivity index (χ0v) is 8.65. The van der Waals surface area contributed by atoms with E-state index in [0.29, 0.717) is 6.54 Å². The van der Waals surface area contributed by atoms with Crippen LogP contribution in [0.4, 0.5) is 0 Å². The number of rotatable bonds is 4.